The largest absolute Gasteiger partial charge is 0.492 e. The summed E-state index contributed by atoms with van der Waals surface area (Å²) >= 11 is 0. The van der Waals surface area contributed by atoms with Gasteiger partial charge in [0.15, 0.2) is 23.0 Å². The number of nitrogens with zero attached hydrogens (tertiary/aromatic N) is 3. The molecule has 7 N–H and O–H groups in total. The molecule has 332 valence electrons. The van der Waals surface area contributed by atoms with Gasteiger partial charge in [0.1, 0.15) is 24.4 Å². The van der Waals surface area contributed by atoms with Gasteiger partial charge in [-0.1, -0.05) is 58.0 Å². The number of carbonyl (C=O) groups excluding carboxylic acids is 4. The van der Waals surface area contributed by atoms with Gasteiger partial charge in [-0.15, -0.1) is 0 Å². The molecule has 0 radical (unpaired) electrons. The predicted octanol–water partition coefficient (Wildman–Crippen LogP) is 4.96. The fourth-order valence-electron chi connectivity index (χ4n) is 8.15. The molecule has 0 fully saturated rings. The highest BCUT2D eigenvalue weighted by Gasteiger charge is 2.37. The molecule has 2 aromatic heterocycles. The summed E-state index contributed by atoms with van der Waals surface area (Å²) in [5, 5.41) is 12.7. The number of nitrogens with two attached hydrogens (primary N) is 2. The number of aromatic amines is 1. The molecule has 0 saturated carbocycles. The van der Waals surface area contributed by atoms with Crippen LogP contribution in [0.15, 0.2) is 63.8 Å². The van der Waals surface area contributed by atoms with E-state index in [0.29, 0.717) is 39.7 Å². The van der Waals surface area contributed by atoms with Crippen molar-refractivity contribution in [2.45, 2.75) is 84.7 Å². The number of hydrogen-bond donors (Lipinski definition) is 5. The van der Waals surface area contributed by atoms with E-state index in [1.165, 1.54) is 24.9 Å². The van der Waals surface area contributed by atoms with Crippen LogP contribution in [0.25, 0.3) is 33.6 Å². The Morgan fingerprint density at radius 2 is 1.63 bits per heavy atom. The first kappa shape index (κ1) is 46.0. The van der Waals surface area contributed by atoms with Gasteiger partial charge in [0.2, 0.25) is 11.8 Å². The van der Waals surface area contributed by atoms with Crippen molar-refractivity contribution in [2.24, 2.45) is 23.3 Å². The normalized spacial score (nSPS) is 17.4. The van der Waals surface area contributed by atoms with Crippen molar-refractivity contribution < 1.29 is 38.2 Å². The number of fused-ring (bicyclic) bond motifs is 7. The highest BCUT2D eigenvalue weighted by atomic mass is 16.5. The van der Waals surface area contributed by atoms with E-state index in [-0.39, 0.29) is 72.4 Å². The number of Topliss-reactive ketones (excluding diaryl/α,β-unsaturated/α-hetero) is 2. The first-order valence-corrected chi connectivity index (χ1v) is 21.0. The minimum Gasteiger partial charge on any atom is -0.492 e. The number of ketones is 2. The summed E-state index contributed by atoms with van der Waals surface area (Å²) in [5.74, 6) is -5.48. The van der Waals surface area contributed by atoms with Crippen LogP contribution in [0.3, 0.4) is 0 Å². The van der Waals surface area contributed by atoms with Gasteiger partial charge >= 0.3 is 11.7 Å². The summed E-state index contributed by atoms with van der Waals surface area (Å²) in [6.07, 6.45) is -0.688. The number of aryl methyl sites for hydroxylation is 2. The van der Waals surface area contributed by atoms with Crippen molar-refractivity contribution in [3.8, 4) is 28.3 Å². The third kappa shape index (κ3) is 10.1. The summed E-state index contributed by atoms with van der Waals surface area (Å²) in [6, 6.07) is 13.3. The Labute approximate surface area is 364 Å². The molecule has 3 heterocycles. The van der Waals surface area contributed by atoms with Crippen molar-refractivity contribution >= 4 is 40.4 Å². The first-order valence-electron chi connectivity index (χ1n) is 21.0. The number of carbonyl (C=O) groups is 5. The SMILES string of the molecule is Cc1nc(-c2ccc(C(C)(C)C)cc2)nc(C)c1C(=O)C[C@@H](CCN)C(=O)N(C)[C@@H]1C(=O)C[C@@H](C)C(=O)N[C@H](C(=O)O)Cc2ccc(OCCN)c(c2)-c2cc1cc1[nH]c(=O)oc21. The second-order valence-corrected chi connectivity index (χ2v) is 17.3. The molecular weight excluding hydrogens is 807 g/mol. The summed E-state index contributed by atoms with van der Waals surface area (Å²) in [4.78, 5) is 95.5. The Morgan fingerprint density at radius 3 is 2.25 bits per heavy atom. The summed E-state index contributed by atoms with van der Waals surface area (Å²) in [5.41, 5.74) is 16.7. The minimum atomic E-state index is -1.37. The molecule has 0 spiro atoms. The van der Waals surface area contributed by atoms with Gasteiger partial charge in [-0.3, -0.25) is 24.2 Å². The van der Waals surface area contributed by atoms with E-state index >= 15 is 0 Å². The molecule has 2 amide bonds. The maximum atomic E-state index is 14.8. The standard InChI is InChI=1S/C47H55N7O9/c1-24-18-37(56)40(54(7)44(58)29(14-15-48)23-36(55)39-25(2)50-42(51-26(39)3)28-9-11-31(12-10-28)47(4,5)6)30-21-33(41-34(22-30)53-46(61)63-41)32-19-27(8-13-38(32)62-17-16-49)20-35(45(59)60)52-43(24)57/h8-13,19,21-22,24,29,35,40H,14-18,20,23,48-49H2,1-7H3,(H,52,57)(H,53,61)(H,59,60)/t24-,29-,35+,40+/m1/s1. The molecule has 16 nitrogen and oxygen atoms in total. The van der Waals surface area contributed by atoms with Gasteiger partial charge in [-0.25, -0.2) is 19.6 Å². The van der Waals surface area contributed by atoms with E-state index in [0.717, 1.165) is 11.1 Å². The monoisotopic (exact) mass is 861 g/mol. The fraction of sp³-hybridized carbons (Fsp3) is 0.404. The molecule has 0 aliphatic carbocycles. The number of oxazole rings is 1. The zero-order chi connectivity index (χ0) is 45.9. The average molecular weight is 862 g/mol. The molecule has 4 bridgehead atoms. The van der Waals surface area contributed by atoms with Gasteiger partial charge in [-0.2, -0.15) is 0 Å². The molecule has 4 atom stereocenters. The number of rotatable bonds is 12. The third-order valence-electron chi connectivity index (χ3n) is 11.5. The maximum absolute atomic E-state index is 14.8. The molecule has 0 unspecified atom stereocenters. The topological polar surface area (TPSA) is 254 Å². The van der Waals surface area contributed by atoms with Crippen LogP contribution in [-0.4, -0.2) is 87.1 Å². The quantitative estimate of drug-likeness (QED) is 0.104. The number of aliphatic carboxylic acids is 1. The number of benzene rings is 3. The van der Waals surface area contributed by atoms with Gasteiger partial charge in [0.25, 0.3) is 0 Å². The lowest BCUT2D eigenvalue weighted by atomic mass is 9.86. The fourth-order valence-corrected chi connectivity index (χ4v) is 8.15. The molecular formula is C47H55N7O9. The van der Waals surface area contributed by atoms with Gasteiger partial charge in [0.05, 0.1) is 22.5 Å². The highest BCUT2D eigenvalue weighted by Crippen LogP contribution is 2.40. The molecule has 16 heteroatoms. The Hall–Kier alpha value is -6.52. The van der Waals surface area contributed by atoms with Gasteiger partial charge < -0.3 is 35.9 Å². The van der Waals surface area contributed by atoms with Crippen LogP contribution >= 0.6 is 0 Å². The van der Waals surface area contributed by atoms with Crippen LogP contribution in [0.1, 0.15) is 91.4 Å². The van der Waals surface area contributed by atoms with Crippen molar-refractivity contribution in [2.75, 3.05) is 26.7 Å². The van der Waals surface area contributed by atoms with E-state index in [1.54, 1.807) is 38.1 Å². The number of likely N-dealkylation sites (N-methyl/N-ethyl adjacent to an activating group) is 1. The second kappa shape index (κ2) is 18.8. The van der Waals surface area contributed by atoms with Crippen molar-refractivity contribution in [1.29, 1.82) is 0 Å². The number of carboxylic acids is 1. The number of ether oxygens (including phenoxy) is 1. The van der Waals surface area contributed by atoms with Crippen LogP contribution < -0.4 is 27.3 Å². The summed E-state index contributed by atoms with van der Waals surface area (Å²) < 4.78 is 11.6. The number of carboxylic acid groups (broad SMARTS) is 1. The maximum Gasteiger partial charge on any atom is 0.417 e. The number of hydrogen-bond acceptors (Lipinski definition) is 12. The Balaban J connectivity index is 1.41. The molecule has 6 rings (SSSR count). The average Bonchev–Trinajstić information content (AvgIpc) is 3.61. The van der Waals surface area contributed by atoms with E-state index < -0.39 is 59.7 Å². The van der Waals surface area contributed by atoms with Gasteiger partial charge in [-0.05, 0) is 73.2 Å². The lowest BCUT2D eigenvalue weighted by Crippen LogP contribution is -2.45. The third-order valence-corrected chi connectivity index (χ3v) is 11.5. The number of amides is 2. The molecule has 3 aromatic carbocycles. The summed E-state index contributed by atoms with van der Waals surface area (Å²) in [6.45, 7) is 11.6. The van der Waals surface area contributed by atoms with Crippen LogP contribution in [0, 0.1) is 25.7 Å². The number of nitrogens with one attached hydrogen (secondary N) is 2. The van der Waals surface area contributed by atoms with Crippen molar-refractivity contribution in [1.82, 2.24) is 25.2 Å². The smallest absolute Gasteiger partial charge is 0.417 e. The molecule has 1 aliphatic rings. The van der Waals surface area contributed by atoms with Crippen LogP contribution in [0.5, 0.6) is 5.75 Å². The van der Waals surface area contributed by atoms with Crippen LogP contribution in [0.4, 0.5) is 0 Å². The van der Waals surface area contributed by atoms with E-state index in [1.807, 2.05) is 24.3 Å². The van der Waals surface area contributed by atoms with Crippen molar-refractivity contribution in [3.05, 3.63) is 98.8 Å². The lowest BCUT2D eigenvalue weighted by Gasteiger charge is -2.32. The minimum absolute atomic E-state index is 0.0397. The molecule has 63 heavy (non-hydrogen) atoms. The van der Waals surface area contributed by atoms with E-state index in [9.17, 15) is 33.9 Å². The molecule has 1 aliphatic heterocycles. The predicted molar refractivity (Wildman–Crippen MR) is 236 cm³/mol. The lowest BCUT2D eigenvalue weighted by molar-refractivity contribution is -0.144. The van der Waals surface area contributed by atoms with Gasteiger partial charge in [0, 0.05) is 61.4 Å². The Morgan fingerprint density at radius 1 is 0.952 bits per heavy atom. The van der Waals surface area contributed by atoms with Crippen LogP contribution in [0.2, 0.25) is 0 Å². The second-order valence-electron chi connectivity index (χ2n) is 17.3. The number of H-pyrrole nitrogens is 1. The van der Waals surface area contributed by atoms with Crippen LogP contribution in [-0.2, 0) is 31.0 Å². The molecule has 0 saturated heterocycles. The summed E-state index contributed by atoms with van der Waals surface area (Å²) in [7, 11) is 1.44. The zero-order valence-electron chi connectivity index (χ0n) is 36.7. The first-order chi connectivity index (χ1) is 29.8. The zero-order valence-corrected chi connectivity index (χ0v) is 36.7. The Kier molecular flexibility index (Phi) is 13.8. The van der Waals surface area contributed by atoms with E-state index in [4.69, 9.17) is 20.6 Å². The highest BCUT2D eigenvalue weighted by molar-refractivity contribution is 6.02. The van der Waals surface area contributed by atoms with E-state index in [2.05, 4.69) is 41.0 Å². The number of aromatic nitrogens is 3. The molecule has 5 aromatic rings. The Bertz CT molecular complexity index is 2600. The van der Waals surface area contributed by atoms with Crippen molar-refractivity contribution in [3.63, 3.8) is 0 Å².